The number of halogens is 2. The van der Waals surface area contributed by atoms with Crippen molar-refractivity contribution >= 4 is 17.6 Å². The van der Waals surface area contributed by atoms with E-state index in [1.54, 1.807) is 0 Å². The summed E-state index contributed by atoms with van der Waals surface area (Å²) in [7, 11) is 0. The second-order valence-electron chi connectivity index (χ2n) is 5.76. The molecule has 2 aromatic rings. The minimum atomic E-state index is -1.13. The van der Waals surface area contributed by atoms with Crippen molar-refractivity contribution < 1.29 is 27.8 Å². The first kappa shape index (κ1) is 19.4. The van der Waals surface area contributed by atoms with Gasteiger partial charge in [-0.25, -0.2) is 13.6 Å². The zero-order valence-electron chi connectivity index (χ0n) is 14.6. The van der Waals surface area contributed by atoms with Gasteiger partial charge in [-0.05, 0) is 44.0 Å². The molecule has 0 aliphatic rings. The van der Waals surface area contributed by atoms with E-state index in [1.165, 1.54) is 13.0 Å². The average molecular weight is 363 g/mol. The van der Waals surface area contributed by atoms with Gasteiger partial charge in [0, 0.05) is 11.8 Å². The van der Waals surface area contributed by atoms with E-state index in [0.29, 0.717) is 5.75 Å². The lowest BCUT2D eigenvalue weighted by Crippen LogP contribution is -2.31. The van der Waals surface area contributed by atoms with Crippen molar-refractivity contribution in [2.45, 2.75) is 26.9 Å². The summed E-state index contributed by atoms with van der Waals surface area (Å²) in [6.45, 7) is 4.72. The summed E-state index contributed by atoms with van der Waals surface area (Å²) < 4.78 is 36.5. The number of nitrogens with one attached hydrogen (secondary N) is 1. The van der Waals surface area contributed by atoms with E-state index in [4.69, 9.17) is 9.47 Å². The van der Waals surface area contributed by atoms with Crippen molar-refractivity contribution in [2.75, 3.05) is 11.9 Å². The Balaban J connectivity index is 1.87. The maximum absolute atomic E-state index is 13.1. The molecule has 1 N–H and O–H groups in total. The number of ether oxygens (including phenoxy) is 2. The van der Waals surface area contributed by atoms with Gasteiger partial charge in [0.05, 0.1) is 0 Å². The minimum absolute atomic E-state index is 0.0589. The fraction of sp³-hybridized carbons (Fsp3) is 0.263. The van der Waals surface area contributed by atoms with Crippen molar-refractivity contribution in [1.29, 1.82) is 0 Å². The number of benzene rings is 2. The lowest BCUT2D eigenvalue weighted by atomic mass is 10.1. The molecule has 2 rings (SSSR count). The van der Waals surface area contributed by atoms with Gasteiger partial charge in [-0.3, -0.25) is 4.79 Å². The first-order valence-electron chi connectivity index (χ1n) is 7.92. The Kier molecular flexibility index (Phi) is 6.27. The molecule has 2 aromatic carbocycles. The third kappa shape index (κ3) is 5.02. The van der Waals surface area contributed by atoms with Crippen LogP contribution >= 0.6 is 0 Å². The van der Waals surface area contributed by atoms with E-state index in [1.807, 2.05) is 32.0 Å². The molecular weight excluding hydrogens is 344 g/mol. The molecular formula is C19H19F2NO4. The summed E-state index contributed by atoms with van der Waals surface area (Å²) in [6.07, 6.45) is -1.13. The molecule has 0 spiro atoms. The number of anilines is 1. The van der Waals surface area contributed by atoms with Gasteiger partial charge >= 0.3 is 5.97 Å². The Morgan fingerprint density at radius 1 is 1.08 bits per heavy atom. The molecule has 0 aromatic heterocycles. The van der Waals surface area contributed by atoms with Crippen molar-refractivity contribution in [3.8, 4) is 5.75 Å². The fourth-order valence-corrected chi connectivity index (χ4v) is 2.26. The van der Waals surface area contributed by atoms with E-state index in [0.717, 1.165) is 23.3 Å². The minimum Gasteiger partial charge on any atom is -0.481 e. The highest BCUT2D eigenvalue weighted by Crippen LogP contribution is 2.22. The number of carbonyl (C=O) groups excluding carboxylic acids is 2. The van der Waals surface area contributed by atoms with Crippen LogP contribution in [-0.4, -0.2) is 24.6 Å². The van der Waals surface area contributed by atoms with Gasteiger partial charge in [-0.2, -0.15) is 0 Å². The van der Waals surface area contributed by atoms with Gasteiger partial charge in [-0.1, -0.05) is 18.2 Å². The molecule has 0 saturated carbocycles. The monoisotopic (exact) mass is 363 g/mol. The first-order valence-corrected chi connectivity index (χ1v) is 7.92. The van der Waals surface area contributed by atoms with Crippen LogP contribution in [0.2, 0.25) is 0 Å². The number of esters is 1. The van der Waals surface area contributed by atoms with Crippen molar-refractivity contribution in [3.63, 3.8) is 0 Å². The van der Waals surface area contributed by atoms with Crippen LogP contribution in [0.4, 0.5) is 14.5 Å². The second-order valence-corrected chi connectivity index (χ2v) is 5.76. The normalized spacial score (nSPS) is 11.6. The number of aryl methyl sites for hydroxylation is 2. The van der Waals surface area contributed by atoms with Gasteiger partial charge in [0.25, 0.3) is 5.91 Å². The van der Waals surface area contributed by atoms with E-state index in [-0.39, 0.29) is 12.3 Å². The van der Waals surface area contributed by atoms with E-state index in [9.17, 15) is 18.4 Å². The standard InChI is InChI=1S/C19H19F2NO4/c1-11-5-4-6-12(2)18(11)25-10-17(23)26-13(3)19(24)22-14-7-8-15(20)16(21)9-14/h4-9,13H,10H2,1-3H3,(H,22,24)/t13-/m1/s1. The molecule has 1 amide bonds. The quantitative estimate of drug-likeness (QED) is 0.798. The highest BCUT2D eigenvalue weighted by atomic mass is 19.2. The highest BCUT2D eigenvalue weighted by Gasteiger charge is 2.19. The Labute approximate surface area is 149 Å². The zero-order valence-corrected chi connectivity index (χ0v) is 14.6. The van der Waals surface area contributed by atoms with Gasteiger partial charge in [0.1, 0.15) is 5.75 Å². The summed E-state index contributed by atoms with van der Waals surface area (Å²) in [4.78, 5) is 23.8. The topological polar surface area (TPSA) is 64.6 Å². The molecule has 7 heteroatoms. The largest absolute Gasteiger partial charge is 0.481 e. The summed E-state index contributed by atoms with van der Waals surface area (Å²) in [5.74, 6) is -2.92. The third-order valence-electron chi connectivity index (χ3n) is 3.61. The van der Waals surface area contributed by atoms with E-state index in [2.05, 4.69) is 5.32 Å². The zero-order chi connectivity index (χ0) is 19.3. The fourth-order valence-electron chi connectivity index (χ4n) is 2.26. The number of carbonyl (C=O) groups is 2. The van der Waals surface area contributed by atoms with Gasteiger partial charge in [0.15, 0.2) is 24.3 Å². The van der Waals surface area contributed by atoms with Crippen LogP contribution in [0.5, 0.6) is 5.75 Å². The lowest BCUT2D eigenvalue weighted by molar-refractivity contribution is -0.155. The molecule has 0 fully saturated rings. The number of rotatable bonds is 6. The second kappa shape index (κ2) is 8.42. The summed E-state index contributed by atoms with van der Waals surface area (Å²) in [5, 5.41) is 2.34. The Morgan fingerprint density at radius 3 is 2.35 bits per heavy atom. The molecule has 26 heavy (non-hydrogen) atoms. The first-order chi connectivity index (χ1) is 12.3. The number of hydrogen-bond acceptors (Lipinski definition) is 4. The number of amides is 1. The summed E-state index contributed by atoms with van der Waals surface area (Å²) >= 11 is 0. The molecule has 0 bridgehead atoms. The smallest absolute Gasteiger partial charge is 0.344 e. The molecule has 1 atom stereocenters. The maximum atomic E-state index is 13.1. The van der Waals surface area contributed by atoms with Crippen LogP contribution in [0.1, 0.15) is 18.1 Å². The van der Waals surface area contributed by atoms with E-state index < -0.39 is 29.6 Å². The van der Waals surface area contributed by atoms with Crippen LogP contribution in [-0.2, 0) is 14.3 Å². The lowest BCUT2D eigenvalue weighted by Gasteiger charge is -2.15. The van der Waals surface area contributed by atoms with Crippen LogP contribution < -0.4 is 10.1 Å². The molecule has 0 aliphatic carbocycles. The average Bonchev–Trinajstić information content (AvgIpc) is 2.57. The van der Waals surface area contributed by atoms with Gasteiger partial charge in [0.2, 0.25) is 0 Å². The Morgan fingerprint density at radius 2 is 1.73 bits per heavy atom. The van der Waals surface area contributed by atoms with Gasteiger partial charge < -0.3 is 14.8 Å². The van der Waals surface area contributed by atoms with Crippen molar-refractivity contribution in [2.24, 2.45) is 0 Å². The molecule has 0 radical (unpaired) electrons. The molecule has 0 heterocycles. The maximum Gasteiger partial charge on any atom is 0.344 e. The number of para-hydroxylation sites is 1. The predicted octanol–water partition coefficient (Wildman–Crippen LogP) is 3.53. The molecule has 138 valence electrons. The van der Waals surface area contributed by atoms with Crippen molar-refractivity contribution in [1.82, 2.24) is 0 Å². The molecule has 0 saturated heterocycles. The van der Waals surface area contributed by atoms with Gasteiger partial charge in [-0.15, -0.1) is 0 Å². The molecule has 0 aliphatic heterocycles. The Hall–Kier alpha value is -2.96. The summed E-state index contributed by atoms with van der Waals surface area (Å²) in [6, 6.07) is 8.51. The van der Waals surface area contributed by atoms with Crippen LogP contribution in [0.25, 0.3) is 0 Å². The predicted molar refractivity (Wildman–Crippen MR) is 92.0 cm³/mol. The van der Waals surface area contributed by atoms with Crippen molar-refractivity contribution in [3.05, 3.63) is 59.2 Å². The molecule has 0 unspecified atom stereocenters. The van der Waals surface area contributed by atoms with E-state index >= 15 is 0 Å². The SMILES string of the molecule is Cc1cccc(C)c1OCC(=O)O[C@H](C)C(=O)Nc1ccc(F)c(F)c1. The highest BCUT2D eigenvalue weighted by molar-refractivity contribution is 5.95. The Bertz CT molecular complexity index is 803. The molecule has 5 nitrogen and oxygen atoms in total. The summed E-state index contributed by atoms with van der Waals surface area (Å²) in [5.41, 5.74) is 1.81. The number of hydrogen-bond donors (Lipinski definition) is 1. The van der Waals surface area contributed by atoms with Crippen LogP contribution in [0, 0.1) is 25.5 Å². The van der Waals surface area contributed by atoms with Crippen LogP contribution in [0.3, 0.4) is 0 Å². The van der Waals surface area contributed by atoms with Crippen LogP contribution in [0.15, 0.2) is 36.4 Å². The third-order valence-corrected chi connectivity index (χ3v) is 3.61.